The number of fused-ring (bicyclic) bond motifs is 1. The lowest BCUT2D eigenvalue weighted by molar-refractivity contribution is -0.123. The van der Waals surface area contributed by atoms with Crippen LogP contribution in [0.25, 0.3) is 0 Å². The maximum Gasteiger partial charge on any atom is 0.265 e. The number of anilines is 2. The standard InChI is InChI=1S/C22H24FN3O5S/c1-13-10-18-19(31-14(2)21(27)25-18)11-20(13)32(29,30)26-9-3-4-15(12-26)22(28)24-17-7-5-16(23)6-8-17/h5-8,10-11,14-15H,3-4,9,12H2,1-2H3,(H,24,28)(H,25,27). The first-order valence-corrected chi connectivity index (χ1v) is 11.8. The van der Waals surface area contributed by atoms with Gasteiger partial charge in [0.1, 0.15) is 11.6 Å². The van der Waals surface area contributed by atoms with Crippen molar-refractivity contribution in [2.75, 3.05) is 23.7 Å². The summed E-state index contributed by atoms with van der Waals surface area (Å²) in [6, 6.07) is 8.42. The van der Waals surface area contributed by atoms with Crippen LogP contribution in [0.1, 0.15) is 25.3 Å². The molecule has 2 heterocycles. The number of amides is 2. The van der Waals surface area contributed by atoms with Crippen LogP contribution in [0.4, 0.5) is 15.8 Å². The molecule has 2 aliphatic rings. The zero-order chi connectivity index (χ0) is 23.0. The van der Waals surface area contributed by atoms with E-state index in [2.05, 4.69) is 10.6 Å². The average Bonchev–Trinajstić information content (AvgIpc) is 2.76. The summed E-state index contributed by atoms with van der Waals surface area (Å²) < 4.78 is 46.8. The molecule has 1 saturated heterocycles. The largest absolute Gasteiger partial charge is 0.479 e. The molecule has 10 heteroatoms. The zero-order valence-electron chi connectivity index (χ0n) is 17.7. The predicted molar refractivity (Wildman–Crippen MR) is 116 cm³/mol. The van der Waals surface area contributed by atoms with E-state index in [1.165, 1.54) is 34.6 Å². The number of nitrogens with one attached hydrogen (secondary N) is 2. The van der Waals surface area contributed by atoms with E-state index in [1.807, 2.05) is 0 Å². The number of halogens is 1. The van der Waals surface area contributed by atoms with Crippen molar-refractivity contribution in [2.24, 2.45) is 5.92 Å². The van der Waals surface area contributed by atoms with E-state index in [9.17, 15) is 22.4 Å². The Morgan fingerprint density at radius 2 is 1.97 bits per heavy atom. The second kappa shape index (κ2) is 8.51. The molecule has 0 bridgehead atoms. The van der Waals surface area contributed by atoms with Crippen LogP contribution in [0, 0.1) is 18.7 Å². The van der Waals surface area contributed by atoms with Crippen LogP contribution in [0.3, 0.4) is 0 Å². The smallest absolute Gasteiger partial charge is 0.265 e. The summed E-state index contributed by atoms with van der Waals surface area (Å²) in [5.41, 5.74) is 1.36. The van der Waals surface area contributed by atoms with Crippen LogP contribution in [0.15, 0.2) is 41.3 Å². The van der Waals surface area contributed by atoms with Crippen LogP contribution >= 0.6 is 0 Å². The van der Waals surface area contributed by atoms with Gasteiger partial charge in [0.25, 0.3) is 5.91 Å². The van der Waals surface area contributed by atoms with E-state index in [-0.39, 0.29) is 23.3 Å². The van der Waals surface area contributed by atoms with Gasteiger partial charge in [-0.25, -0.2) is 12.8 Å². The number of hydrogen-bond donors (Lipinski definition) is 2. The molecule has 0 aromatic heterocycles. The number of piperidine rings is 1. The molecule has 0 saturated carbocycles. The SMILES string of the molecule is Cc1cc2c(cc1S(=O)(=O)N1CCCC(C(=O)Nc3ccc(F)cc3)C1)OC(C)C(=O)N2. The molecule has 0 spiro atoms. The molecule has 170 valence electrons. The average molecular weight is 462 g/mol. The molecule has 0 radical (unpaired) electrons. The Kier molecular flexibility index (Phi) is 5.91. The highest BCUT2D eigenvalue weighted by Gasteiger charge is 2.35. The first kappa shape index (κ1) is 22.2. The molecule has 8 nitrogen and oxygen atoms in total. The van der Waals surface area contributed by atoms with Gasteiger partial charge in [-0.3, -0.25) is 9.59 Å². The summed E-state index contributed by atoms with van der Waals surface area (Å²) in [6.45, 7) is 3.58. The molecule has 2 unspecified atom stereocenters. The van der Waals surface area contributed by atoms with E-state index in [0.717, 1.165) is 0 Å². The van der Waals surface area contributed by atoms with Crippen LogP contribution in [-0.4, -0.2) is 43.7 Å². The van der Waals surface area contributed by atoms with Crippen LogP contribution in [0.2, 0.25) is 0 Å². The van der Waals surface area contributed by atoms with Gasteiger partial charge in [-0.15, -0.1) is 0 Å². The van der Waals surface area contributed by atoms with E-state index < -0.39 is 27.9 Å². The first-order chi connectivity index (χ1) is 15.1. The summed E-state index contributed by atoms with van der Waals surface area (Å²) in [5, 5.41) is 5.43. The molecule has 2 N–H and O–H groups in total. The van der Waals surface area contributed by atoms with Gasteiger partial charge in [0.15, 0.2) is 6.10 Å². The summed E-state index contributed by atoms with van der Waals surface area (Å²) in [5.74, 6) is -1.24. The number of aryl methyl sites for hydroxylation is 1. The van der Waals surface area contributed by atoms with Crippen molar-refractivity contribution in [1.82, 2.24) is 4.31 Å². The van der Waals surface area contributed by atoms with Crippen LogP contribution in [-0.2, 0) is 19.6 Å². The van der Waals surface area contributed by atoms with E-state index in [0.29, 0.717) is 42.1 Å². The van der Waals surface area contributed by atoms with Crippen LogP contribution in [0.5, 0.6) is 5.75 Å². The third kappa shape index (κ3) is 4.33. The van der Waals surface area contributed by atoms with Gasteiger partial charge in [-0.1, -0.05) is 0 Å². The fourth-order valence-electron chi connectivity index (χ4n) is 3.91. The molecule has 0 aliphatic carbocycles. The lowest BCUT2D eigenvalue weighted by Crippen LogP contribution is -2.44. The highest BCUT2D eigenvalue weighted by Crippen LogP contribution is 2.36. The van der Waals surface area contributed by atoms with E-state index in [4.69, 9.17) is 4.74 Å². The van der Waals surface area contributed by atoms with Crippen molar-refractivity contribution < 1.29 is 27.1 Å². The lowest BCUT2D eigenvalue weighted by atomic mass is 9.99. The van der Waals surface area contributed by atoms with E-state index in [1.54, 1.807) is 19.9 Å². The number of carbonyl (C=O) groups excluding carboxylic acids is 2. The predicted octanol–water partition coefficient (Wildman–Crippen LogP) is 2.89. The molecule has 2 aromatic rings. The second-order valence-corrected chi connectivity index (χ2v) is 9.97. The molecular weight excluding hydrogens is 437 g/mol. The Hall–Kier alpha value is -2.98. The number of ether oxygens (including phenoxy) is 1. The maximum absolute atomic E-state index is 13.4. The fourth-order valence-corrected chi connectivity index (χ4v) is 5.66. The Morgan fingerprint density at radius 3 is 2.69 bits per heavy atom. The lowest BCUT2D eigenvalue weighted by Gasteiger charge is -2.32. The number of carbonyl (C=O) groups is 2. The minimum absolute atomic E-state index is 0.0415. The van der Waals surface area contributed by atoms with Gasteiger partial charge >= 0.3 is 0 Å². The molecule has 2 aliphatic heterocycles. The zero-order valence-corrected chi connectivity index (χ0v) is 18.5. The molecule has 1 fully saturated rings. The number of nitrogens with zero attached hydrogens (tertiary/aromatic N) is 1. The monoisotopic (exact) mass is 461 g/mol. The summed E-state index contributed by atoms with van der Waals surface area (Å²) >= 11 is 0. The highest BCUT2D eigenvalue weighted by molar-refractivity contribution is 7.89. The summed E-state index contributed by atoms with van der Waals surface area (Å²) in [7, 11) is -3.89. The van der Waals surface area contributed by atoms with Crippen molar-refractivity contribution in [3.05, 3.63) is 47.8 Å². The molecule has 2 aromatic carbocycles. The molecule has 32 heavy (non-hydrogen) atoms. The van der Waals surface area contributed by atoms with Crippen molar-refractivity contribution in [1.29, 1.82) is 0 Å². The molecule has 2 amide bonds. The molecule has 2 atom stereocenters. The number of rotatable bonds is 4. The van der Waals surface area contributed by atoms with Gasteiger partial charge in [0.05, 0.1) is 16.5 Å². The van der Waals surface area contributed by atoms with E-state index >= 15 is 0 Å². The minimum Gasteiger partial charge on any atom is -0.479 e. The topological polar surface area (TPSA) is 105 Å². The Bertz CT molecular complexity index is 1170. The first-order valence-electron chi connectivity index (χ1n) is 10.3. The normalized spacial score (nSPS) is 21.3. The van der Waals surface area contributed by atoms with Crippen molar-refractivity contribution in [3.63, 3.8) is 0 Å². The van der Waals surface area contributed by atoms with Gasteiger partial charge in [0, 0.05) is 24.8 Å². The fraction of sp³-hybridized carbons (Fsp3) is 0.364. The van der Waals surface area contributed by atoms with Crippen molar-refractivity contribution in [2.45, 2.75) is 37.7 Å². The number of hydrogen-bond acceptors (Lipinski definition) is 5. The Labute approximate surface area is 185 Å². The third-order valence-electron chi connectivity index (χ3n) is 5.69. The van der Waals surface area contributed by atoms with Gasteiger partial charge in [0.2, 0.25) is 15.9 Å². The van der Waals surface area contributed by atoms with Crippen molar-refractivity contribution in [3.8, 4) is 5.75 Å². The van der Waals surface area contributed by atoms with Gasteiger partial charge in [-0.05, 0) is 62.6 Å². The maximum atomic E-state index is 13.4. The highest BCUT2D eigenvalue weighted by atomic mass is 32.2. The van der Waals surface area contributed by atoms with Crippen molar-refractivity contribution >= 4 is 33.2 Å². The molecular formula is C22H24FN3O5S. The minimum atomic E-state index is -3.89. The number of benzene rings is 2. The second-order valence-electron chi connectivity index (χ2n) is 8.06. The summed E-state index contributed by atoms with van der Waals surface area (Å²) in [6.07, 6.45) is 0.360. The summed E-state index contributed by atoms with van der Waals surface area (Å²) in [4.78, 5) is 24.6. The Balaban J connectivity index is 1.54. The van der Waals surface area contributed by atoms with Crippen LogP contribution < -0.4 is 15.4 Å². The number of sulfonamides is 1. The third-order valence-corrected chi connectivity index (χ3v) is 7.70. The quantitative estimate of drug-likeness (QED) is 0.729. The Morgan fingerprint density at radius 1 is 1.25 bits per heavy atom. The van der Waals surface area contributed by atoms with Gasteiger partial charge < -0.3 is 15.4 Å². The van der Waals surface area contributed by atoms with Gasteiger partial charge in [-0.2, -0.15) is 4.31 Å². The molecule has 4 rings (SSSR count).